The van der Waals surface area contributed by atoms with Crippen molar-refractivity contribution in [1.82, 2.24) is 20.4 Å². The standard InChI is InChI=1S/C12H10N4/c1-8-12(15-16-14-8)10-6-7-13-11-5-3-2-4-9(10)11/h2-7H,1H3,(H,14,15,16). The second-order valence-electron chi connectivity index (χ2n) is 3.63. The van der Waals surface area contributed by atoms with E-state index in [1.54, 1.807) is 6.20 Å². The number of H-pyrrole nitrogens is 1. The maximum Gasteiger partial charge on any atom is 0.116 e. The summed E-state index contributed by atoms with van der Waals surface area (Å²) in [5.41, 5.74) is 3.83. The number of nitrogens with zero attached hydrogens (tertiary/aromatic N) is 3. The van der Waals surface area contributed by atoms with Gasteiger partial charge in [0, 0.05) is 17.1 Å². The number of rotatable bonds is 1. The third kappa shape index (κ3) is 1.27. The third-order valence-corrected chi connectivity index (χ3v) is 2.63. The largest absolute Gasteiger partial charge is 0.256 e. The first kappa shape index (κ1) is 9.03. The Kier molecular flexibility index (Phi) is 1.93. The number of hydrogen-bond donors (Lipinski definition) is 1. The Balaban J connectivity index is 2.36. The van der Waals surface area contributed by atoms with Crippen LogP contribution in [0.1, 0.15) is 5.69 Å². The summed E-state index contributed by atoms with van der Waals surface area (Å²) < 4.78 is 0. The van der Waals surface area contributed by atoms with Crippen molar-refractivity contribution in [1.29, 1.82) is 0 Å². The molecule has 1 aromatic carbocycles. The number of aryl methyl sites for hydroxylation is 1. The van der Waals surface area contributed by atoms with Crippen LogP contribution in [0.15, 0.2) is 36.5 Å². The molecule has 4 heteroatoms. The van der Waals surface area contributed by atoms with Crippen molar-refractivity contribution in [2.45, 2.75) is 6.92 Å². The molecule has 0 saturated heterocycles. The molecule has 4 nitrogen and oxygen atoms in total. The molecule has 0 bridgehead atoms. The van der Waals surface area contributed by atoms with E-state index in [1.165, 1.54) is 0 Å². The molecule has 3 aromatic rings. The lowest BCUT2D eigenvalue weighted by molar-refractivity contribution is 0.929. The molecule has 3 rings (SSSR count). The minimum Gasteiger partial charge on any atom is -0.256 e. The third-order valence-electron chi connectivity index (χ3n) is 2.63. The van der Waals surface area contributed by atoms with Gasteiger partial charge in [0.15, 0.2) is 0 Å². The molecule has 0 aliphatic rings. The summed E-state index contributed by atoms with van der Waals surface area (Å²) in [4.78, 5) is 4.32. The molecule has 0 saturated carbocycles. The van der Waals surface area contributed by atoms with E-state index in [9.17, 15) is 0 Å². The number of pyridine rings is 1. The van der Waals surface area contributed by atoms with Crippen LogP contribution in [0.4, 0.5) is 0 Å². The van der Waals surface area contributed by atoms with Crippen LogP contribution in [0.25, 0.3) is 22.2 Å². The first-order valence-corrected chi connectivity index (χ1v) is 5.08. The zero-order valence-corrected chi connectivity index (χ0v) is 8.81. The highest BCUT2D eigenvalue weighted by Crippen LogP contribution is 2.26. The average molecular weight is 210 g/mol. The van der Waals surface area contributed by atoms with Crippen LogP contribution < -0.4 is 0 Å². The molecular formula is C12H10N4. The quantitative estimate of drug-likeness (QED) is 0.670. The molecule has 0 spiro atoms. The van der Waals surface area contributed by atoms with E-state index in [-0.39, 0.29) is 0 Å². The van der Waals surface area contributed by atoms with E-state index < -0.39 is 0 Å². The lowest BCUT2D eigenvalue weighted by Gasteiger charge is -2.02. The van der Waals surface area contributed by atoms with Gasteiger partial charge in [-0.05, 0) is 19.1 Å². The van der Waals surface area contributed by atoms with Gasteiger partial charge in [0.05, 0.1) is 11.2 Å². The molecule has 0 aliphatic heterocycles. The van der Waals surface area contributed by atoms with E-state index in [2.05, 4.69) is 20.4 Å². The molecule has 16 heavy (non-hydrogen) atoms. The highest BCUT2D eigenvalue weighted by molar-refractivity contribution is 5.93. The Hall–Kier alpha value is -2.23. The number of aromatic nitrogens is 4. The number of aromatic amines is 1. The van der Waals surface area contributed by atoms with Crippen molar-refractivity contribution in [3.63, 3.8) is 0 Å². The molecule has 0 radical (unpaired) electrons. The second-order valence-corrected chi connectivity index (χ2v) is 3.63. The molecule has 0 atom stereocenters. The van der Waals surface area contributed by atoms with Gasteiger partial charge in [0.1, 0.15) is 5.69 Å². The Labute approximate surface area is 92.3 Å². The van der Waals surface area contributed by atoms with Crippen molar-refractivity contribution in [3.05, 3.63) is 42.2 Å². The number of benzene rings is 1. The minimum atomic E-state index is 0.888. The fourth-order valence-electron chi connectivity index (χ4n) is 1.84. The van der Waals surface area contributed by atoms with Crippen molar-refractivity contribution < 1.29 is 0 Å². The molecule has 1 N–H and O–H groups in total. The predicted octanol–water partition coefficient (Wildman–Crippen LogP) is 2.33. The van der Waals surface area contributed by atoms with Crippen molar-refractivity contribution in [2.75, 3.05) is 0 Å². The van der Waals surface area contributed by atoms with Crippen LogP contribution in [-0.4, -0.2) is 20.4 Å². The van der Waals surface area contributed by atoms with E-state index >= 15 is 0 Å². The Morgan fingerprint density at radius 1 is 1.06 bits per heavy atom. The molecule has 78 valence electrons. The van der Waals surface area contributed by atoms with Crippen LogP contribution in [0.5, 0.6) is 0 Å². The fraction of sp³-hybridized carbons (Fsp3) is 0.0833. The Morgan fingerprint density at radius 3 is 2.75 bits per heavy atom. The summed E-state index contributed by atoms with van der Waals surface area (Å²) in [7, 11) is 0. The summed E-state index contributed by atoms with van der Waals surface area (Å²) in [6.45, 7) is 1.94. The topological polar surface area (TPSA) is 54.5 Å². The summed E-state index contributed by atoms with van der Waals surface area (Å²) in [6, 6.07) is 9.99. The summed E-state index contributed by atoms with van der Waals surface area (Å²) in [5.74, 6) is 0. The first-order valence-electron chi connectivity index (χ1n) is 5.08. The van der Waals surface area contributed by atoms with Crippen molar-refractivity contribution in [2.24, 2.45) is 0 Å². The Morgan fingerprint density at radius 2 is 1.94 bits per heavy atom. The van der Waals surface area contributed by atoms with Gasteiger partial charge in [0.25, 0.3) is 0 Å². The summed E-state index contributed by atoms with van der Waals surface area (Å²) in [5, 5.41) is 12.0. The number of para-hydroxylation sites is 1. The van der Waals surface area contributed by atoms with Crippen molar-refractivity contribution >= 4 is 10.9 Å². The highest BCUT2D eigenvalue weighted by atomic mass is 15.3. The number of nitrogens with one attached hydrogen (secondary N) is 1. The van der Waals surface area contributed by atoms with Gasteiger partial charge < -0.3 is 0 Å². The maximum atomic E-state index is 4.32. The van der Waals surface area contributed by atoms with Crippen LogP contribution in [-0.2, 0) is 0 Å². The zero-order valence-electron chi connectivity index (χ0n) is 8.81. The highest BCUT2D eigenvalue weighted by Gasteiger charge is 2.09. The second kappa shape index (κ2) is 3.41. The van der Waals surface area contributed by atoms with Gasteiger partial charge in [-0.1, -0.05) is 18.2 Å². The Bertz CT molecular complexity index is 637. The van der Waals surface area contributed by atoms with Gasteiger partial charge >= 0.3 is 0 Å². The van der Waals surface area contributed by atoms with Gasteiger partial charge in [-0.3, -0.25) is 4.98 Å². The van der Waals surface area contributed by atoms with Crippen LogP contribution in [0.3, 0.4) is 0 Å². The SMILES string of the molecule is Cc1n[nH]nc1-c1ccnc2ccccc12. The minimum absolute atomic E-state index is 0.888. The number of hydrogen-bond acceptors (Lipinski definition) is 3. The number of fused-ring (bicyclic) bond motifs is 1. The van der Waals surface area contributed by atoms with Crippen LogP contribution in [0.2, 0.25) is 0 Å². The molecule has 0 amide bonds. The monoisotopic (exact) mass is 210 g/mol. The lowest BCUT2D eigenvalue weighted by atomic mass is 10.1. The van der Waals surface area contributed by atoms with E-state index in [4.69, 9.17) is 0 Å². The summed E-state index contributed by atoms with van der Waals surface area (Å²) >= 11 is 0. The smallest absolute Gasteiger partial charge is 0.116 e. The molecular weight excluding hydrogens is 200 g/mol. The predicted molar refractivity (Wildman–Crippen MR) is 61.9 cm³/mol. The molecule has 2 heterocycles. The van der Waals surface area contributed by atoms with E-state index in [0.29, 0.717) is 0 Å². The normalized spacial score (nSPS) is 10.8. The van der Waals surface area contributed by atoms with Crippen LogP contribution in [0, 0.1) is 6.92 Å². The van der Waals surface area contributed by atoms with Crippen molar-refractivity contribution in [3.8, 4) is 11.3 Å². The van der Waals surface area contributed by atoms with Gasteiger partial charge in [-0.25, -0.2) is 0 Å². The van der Waals surface area contributed by atoms with Gasteiger partial charge in [-0.2, -0.15) is 15.4 Å². The van der Waals surface area contributed by atoms with Crippen LogP contribution >= 0.6 is 0 Å². The zero-order chi connectivity index (χ0) is 11.0. The first-order chi connectivity index (χ1) is 7.86. The maximum absolute atomic E-state index is 4.32. The summed E-state index contributed by atoms with van der Waals surface area (Å²) in [6.07, 6.45) is 1.80. The molecule has 0 fully saturated rings. The average Bonchev–Trinajstić information content (AvgIpc) is 2.75. The molecule has 0 aliphatic carbocycles. The molecule has 0 unspecified atom stereocenters. The van der Waals surface area contributed by atoms with Gasteiger partial charge in [-0.15, -0.1) is 0 Å². The van der Waals surface area contributed by atoms with E-state index in [0.717, 1.165) is 27.9 Å². The lowest BCUT2D eigenvalue weighted by Crippen LogP contribution is -1.86. The molecule has 2 aromatic heterocycles. The van der Waals surface area contributed by atoms with E-state index in [1.807, 2.05) is 37.3 Å². The van der Waals surface area contributed by atoms with Gasteiger partial charge in [0.2, 0.25) is 0 Å². The fourth-order valence-corrected chi connectivity index (χ4v) is 1.84.